The molecule has 0 spiro atoms. The number of ether oxygens (including phenoxy) is 1. The first kappa shape index (κ1) is 20.6. The van der Waals surface area contributed by atoms with E-state index in [-0.39, 0.29) is 11.4 Å². The summed E-state index contributed by atoms with van der Waals surface area (Å²) >= 11 is 5.92. The number of rotatable bonds is 6. The molecular formula is C20H15ClFNO5S. The van der Waals surface area contributed by atoms with Crippen LogP contribution in [-0.2, 0) is 10.0 Å². The number of hydrogen-bond donors (Lipinski definition) is 1. The van der Waals surface area contributed by atoms with Crippen LogP contribution in [0.25, 0.3) is 0 Å². The van der Waals surface area contributed by atoms with Crippen molar-refractivity contribution in [1.82, 2.24) is 0 Å². The number of nitrogens with zero attached hydrogens (tertiary/aromatic N) is 1. The third kappa shape index (κ3) is 4.18. The number of hydrogen-bond acceptors (Lipinski definition) is 4. The zero-order valence-corrected chi connectivity index (χ0v) is 16.6. The van der Waals surface area contributed by atoms with Crippen molar-refractivity contribution in [3.05, 3.63) is 83.1 Å². The lowest BCUT2D eigenvalue weighted by Gasteiger charge is -2.23. The summed E-state index contributed by atoms with van der Waals surface area (Å²) in [7, 11) is -3.05. The molecule has 0 amide bonds. The van der Waals surface area contributed by atoms with Crippen LogP contribution in [0, 0.1) is 5.82 Å². The third-order valence-electron chi connectivity index (χ3n) is 4.07. The Morgan fingerprint density at radius 1 is 1.07 bits per heavy atom. The van der Waals surface area contributed by atoms with E-state index in [9.17, 15) is 17.6 Å². The van der Waals surface area contributed by atoms with E-state index in [0.717, 1.165) is 4.31 Å². The number of anilines is 1. The maximum Gasteiger partial charge on any atom is 0.338 e. The molecule has 0 aliphatic carbocycles. The predicted molar refractivity (Wildman–Crippen MR) is 107 cm³/mol. The molecule has 0 saturated heterocycles. The van der Waals surface area contributed by atoms with Crippen molar-refractivity contribution < 1.29 is 27.4 Å². The molecule has 0 aliphatic rings. The van der Waals surface area contributed by atoms with Crippen LogP contribution < -0.4 is 9.04 Å². The molecule has 0 saturated carbocycles. The fraction of sp³-hybridized carbons (Fsp3) is 0.0500. The molecule has 6 nitrogen and oxygen atoms in total. The lowest BCUT2D eigenvalue weighted by Crippen LogP contribution is -2.27. The molecule has 0 aromatic heterocycles. The monoisotopic (exact) mass is 435 g/mol. The van der Waals surface area contributed by atoms with Gasteiger partial charge < -0.3 is 9.84 Å². The highest BCUT2D eigenvalue weighted by Gasteiger charge is 2.29. The van der Waals surface area contributed by atoms with Crippen LogP contribution in [-0.4, -0.2) is 26.5 Å². The normalized spacial score (nSPS) is 11.1. The Balaban J connectivity index is 2.06. The molecule has 0 bridgehead atoms. The molecule has 0 atom stereocenters. The molecule has 0 radical (unpaired) electrons. The van der Waals surface area contributed by atoms with E-state index in [2.05, 4.69) is 0 Å². The Kier molecular flexibility index (Phi) is 5.76. The topological polar surface area (TPSA) is 83.9 Å². The fourth-order valence-electron chi connectivity index (χ4n) is 2.59. The van der Waals surface area contributed by atoms with Crippen molar-refractivity contribution in [2.24, 2.45) is 0 Å². The van der Waals surface area contributed by atoms with Crippen LogP contribution in [0.1, 0.15) is 10.4 Å². The van der Waals surface area contributed by atoms with E-state index in [1.54, 1.807) is 42.5 Å². The minimum Gasteiger partial charge on any atom is -0.478 e. The third-order valence-corrected chi connectivity index (χ3v) is 6.30. The van der Waals surface area contributed by atoms with Gasteiger partial charge in [-0.25, -0.2) is 17.6 Å². The molecule has 0 heterocycles. The first-order valence-electron chi connectivity index (χ1n) is 8.25. The van der Waals surface area contributed by atoms with Gasteiger partial charge in [0.05, 0.1) is 16.3 Å². The van der Waals surface area contributed by atoms with Gasteiger partial charge >= 0.3 is 5.97 Å². The van der Waals surface area contributed by atoms with Gasteiger partial charge in [0, 0.05) is 7.05 Å². The molecule has 3 rings (SSSR count). The maximum absolute atomic E-state index is 13.8. The van der Waals surface area contributed by atoms with Crippen LogP contribution in [0.3, 0.4) is 0 Å². The van der Waals surface area contributed by atoms with Crippen molar-refractivity contribution in [3.8, 4) is 11.5 Å². The number of carboxylic acids is 1. The molecule has 3 aromatic rings. The van der Waals surface area contributed by atoms with Gasteiger partial charge in [-0.1, -0.05) is 41.9 Å². The summed E-state index contributed by atoms with van der Waals surface area (Å²) in [5.41, 5.74) is -0.608. The Labute approximate surface area is 171 Å². The number of para-hydroxylation sites is 3. The summed E-state index contributed by atoms with van der Waals surface area (Å²) in [5.74, 6) is -1.98. The summed E-state index contributed by atoms with van der Waals surface area (Å²) in [6.45, 7) is 0. The molecule has 29 heavy (non-hydrogen) atoms. The SMILES string of the molecule is CN(c1ccccc1Oc1ccccc1)S(=O)(=O)c1cc(C(=O)O)c(F)cc1Cl. The molecule has 1 N–H and O–H groups in total. The number of sulfonamides is 1. The Morgan fingerprint density at radius 2 is 1.69 bits per heavy atom. The van der Waals surface area contributed by atoms with Crippen molar-refractivity contribution >= 4 is 33.3 Å². The van der Waals surface area contributed by atoms with Gasteiger partial charge in [-0.05, 0) is 36.4 Å². The summed E-state index contributed by atoms with van der Waals surface area (Å²) in [4.78, 5) is 10.7. The molecule has 9 heteroatoms. The average molecular weight is 436 g/mol. The van der Waals surface area contributed by atoms with Crippen LogP contribution in [0.5, 0.6) is 11.5 Å². The van der Waals surface area contributed by atoms with Crippen molar-refractivity contribution in [3.63, 3.8) is 0 Å². The van der Waals surface area contributed by atoms with Gasteiger partial charge in [0.2, 0.25) is 0 Å². The Morgan fingerprint density at radius 3 is 2.34 bits per heavy atom. The quantitative estimate of drug-likeness (QED) is 0.601. The molecule has 150 valence electrons. The van der Waals surface area contributed by atoms with Gasteiger partial charge in [0.25, 0.3) is 10.0 Å². The van der Waals surface area contributed by atoms with Crippen LogP contribution in [0.15, 0.2) is 71.6 Å². The van der Waals surface area contributed by atoms with Crippen molar-refractivity contribution in [1.29, 1.82) is 0 Å². The number of carboxylic acid groups (broad SMARTS) is 1. The van der Waals surface area contributed by atoms with E-state index in [4.69, 9.17) is 21.4 Å². The summed E-state index contributed by atoms with van der Waals surface area (Å²) in [5, 5.41) is 8.67. The largest absolute Gasteiger partial charge is 0.478 e. The molecule has 0 unspecified atom stereocenters. The van der Waals surface area contributed by atoms with E-state index in [1.807, 2.05) is 6.07 Å². The van der Waals surface area contributed by atoms with Crippen molar-refractivity contribution in [2.75, 3.05) is 11.4 Å². The smallest absolute Gasteiger partial charge is 0.338 e. The van der Waals surface area contributed by atoms with Gasteiger partial charge in [0.1, 0.15) is 16.5 Å². The predicted octanol–water partition coefficient (Wildman–Crippen LogP) is 4.79. The summed E-state index contributed by atoms with van der Waals surface area (Å²) in [6.07, 6.45) is 0. The van der Waals surface area contributed by atoms with Gasteiger partial charge in [-0.3, -0.25) is 4.31 Å². The standard InChI is InChI=1S/C20H15ClFNO5S/c1-23(17-9-5-6-10-18(17)28-13-7-3-2-4-8-13)29(26,27)19-11-14(20(24)25)16(22)12-15(19)21/h2-12H,1H3,(H,24,25). The van der Waals surface area contributed by atoms with Gasteiger partial charge in [-0.2, -0.15) is 0 Å². The Hall–Kier alpha value is -3.10. The second kappa shape index (κ2) is 8.10. The van der Waals surface area contributed by atoms with Gasteiger partial charge in [0.15, 0.2) is 5.75 Å². The first-order valence-corrected chi connectivity index (χ1v) is 10.1. The number of carbonyl (C=O) groups is 1. The van der Waals surface area contributed by atoms with Crippen LogP contribution in [0.4, 0.5) is 10.1 Å². The highest BCUT2D eigenvalue weighted by molar-refractivity contribution is 7.93. The first-order chi connectivity index (χ1) is 13.7. The number of halogens is 2. The molecule has 0 fully saturated rings. The average Bonchev–Trinajstić information content (AvgIpc) is 2.68. The molecule has 3 aromatic carbocycles. The van der Waals surface area contributed by atoms with E-state index >= 15 is 0 Å². The zero-order chi connectivity index (χ0) is 21.2. The molecular weight excluding hydrogens is 421 g/mol. The second-order valence-corrected chi connectivity index (χ2v) is 8.27. The van der Waals surface area contributed by atoms with Crippen LogP contribution >= 0.6 is 11.6 Å². The maximum atomic E-state index is 13.8. The fourth-order valence-corrected chi connectivity index (χ4v) is 4.31. The minimum absolute atomic E-state index is 0.189. The van der Waals surface area contributed by atoms with E-state index in [1.165, 1.54) is 13.1 Å². The van der Waals surface area contributed by atoms with Gasteiger partial charge in [-0.15, -0.1) is 0 Å². The highest BCUT2D eigenvalue weighted by atomic mass is 35.5. The molecule has 0 aliphatic heterocycles. The zero-order valence-electron chi connectivity index (χ0n) is 15.0. The van der Waals surface area contributed by atoms with E-state index in [0.29, 0.717) is 17.9 Å². The number of benzene rings is 3. The Bertz CT molecular complexity index is 1170. The van der Waals surface area contributed by atoms with Crippen LogP contribution in [0.2, 0.25) is 5.02 Å². The second-order valence-electron chi connectivity index (χ2n) is 5.92. The van der Waals surface area contributed by atoms with Crippen molar-refractivity contribution in [2.45, 2.75) is 4.90 Å². The summed E-state index contributed by atoms with van der Waals surface area (Å²) < 4.78 is 46.7. The highest BCUT2D eigenvalue weighted by Crippen LogP contribution is 2.36. The number of aromatic carboxylic acids is 1. The lowest BCUT2D eigenvalue weighted by molar-refractivity contribution is 0.0691. The van der Waals surface area contributed by atoms with E-state index < -0.39 is 37.3 Å². The summed E-state index contributed by atoms with van der Waals surface area (Å²) in [6, 6.07) is 16.5. The minimum atomic E-state index is -4.32. The lowest BCUT2D eigenvalue weighted by atomic mass is 10.2.